The van der Waals surface area contributed by atoms with E-state index in [1.54, 1.807) is 26.0 Å². The van der Waals surface area contributed by atoms with Crippen molar-refractivity contribution in [2.24, 2.45) is 0 Å². The third kappa shape index (κ3) is 4.46. The highest BCUT2D eigenvalue weighted by molar-refractivity contribution is 7.89. The van der Waals surface area contributed by atoms with Crippen LogP contribution in [0.3, 0.4) is 0 Å². The topological polar surface area (TPSA) is 86.3 Å². The quantitative estimate of drug-likeness (QED) is 0.791. The number of aliphatic carboxylic acids is 1. The van der Waals surface area contributed by atoms with Crippen LogP contribution in [0.15, 0.2) is 29.2 Å². The molecule has 0 amide bonds. The molecule has 0 heterocycles. The van der Waals surface area contributed by atoms with Crippen molar-refractivity contribution in [2.45, 2.75) is 37.6 Å². The molecule has 5 nitrogen and oxygen atoms in total. The van der Waals surface area contributed by atoms with E-state index in [0.717, 1.165) is 5.56 Å². The van der Waals surface area contributed by atoms with E-state index in [1.807, 2.05) is 0 Å². The summed E-state index contributed by atoms with van der Waals surface area (Å²) in [5.41, 5.74) is 0.766. The van der Waals surface area contributed by atoms with Gasteiger partial charge in [0.1, 0.15) is 0 Å². The maximum absolute atomic E-state index is 11.8. The summed E-state index contributed by atoms with van der Waals surface area (Å²) in [6.07, 6.45) is 0.261. The van der Waals surface area contributed by atoms with Gasteiger partial charge in [0.15, 0.2) is 0 Å². The van der Waals surface area contributed by atoms with Gasteiger partial charge >= 0.3 is 0 Å². The Morgan fingerprint density at radius 2 is 1.83 bits per heavy atom. The van der Waals surface area contributed by atoms with Crippen molar-refractivity contribution in [1.29, 1.82) is 0 Å². The number of rotatable bonds is 6. The molecule has 0 fully saturated rings. The third-order valence-electron chi connectivity index (χ3n) is 2.24. The monoisotopic (exact) mass is 270 g/mol. The smallest absolute Gasteiger partial charge is 0.240 e. The van der Waals surface area contributed by atoms with E-state index >= 15 is 0 Å². The molecule has 6 heteroatoms. The van der Waals surface area contributed by atoms with Crippen LogP contribution >= 0.6 is 0 Å². The Morgan fingerprint density at radius 3 is 2.28 bits per heavy atom. The number of carbonyl (C=O) groups is 1. The fraction of sp³-hybridized carbons (Fsp3) is 0.417. The van der Waals surface area contributed by atoms with Gasteiger partial charge in [-0.3, -0.25) is 0 Å². The van der Waals surface area contributed by atoms with Gasteiger partial charge in [-0.05, 0) is 44.4 Å². The first kappa shape index (κ1) is 14.7. The van der Waals surface area contributed by atoms with Crippen molar-refractivity contribution in [2.75, 3.05) is 0 Å². The van der Waals surface area contributed by atoms with Crippen molar-refractivity contribution in [3.8, 4) is 0 Å². The number of hydrogen-bond donors (Lipinski definition) is 1. The van der Waals surface area contributed by atoms with Gasteiger partial charge in [0.2, 0.25) is 10.0 Å². The number of carboxylic acid groups (broad SMARTS) is 1. The zero-order valence-corrected chi connectivity index (χ0v) is 11.2. The molecule has 0 aliphatic rings. The van der Waals surface area contributed by atoms with Gasteiger partial charge in [-0.1, -0.05) is 12.1 Å². The molecule has 1 aromatic rings. The van der Waals surface area contributed by atoms with Crippen molar-refractivity contribution in [1.82, 2.24) is 4.72 Å². The summed E-state index contributed by atoms with van der Waals surface area (Å²) in [5, 5.41) is 10.3. The standard InChI is InChI=1S/C12H17NO4S/c1-9(2)13-18(16,17)11-6-3-10(4-7-11)5-8-12(14)15/h3-4,6-7,9,13H,5,8H2,1-2H3,(H,14,15)/p-1. The van der Waals surface area contributed by atoms with Crippen LogP contribution in [-0.4, -0.2) is 20.4 Å². The zero-order chi connectivity index (χ0) is 13.8. The molecule has 0 spiro atoms. The molecule has 0 saturated carbocycles. The summed E-state index contributed by atoms with van der Waals surface area (Å²) >= 11 is 0. The largest absolute Gasteiger partial charge is 0.550 e. The molecule has 0 saturated heterocycles. The minimum absolute atomic E-state index is 0.0731. The van der Waals surface area contributed by atoms with Crippen LogP contribution in [0.2, 0.25) is 0 Å². The highest BCUT2D eigenvalue weighted by atomic mass is 32.2. The maximum atomic E-state index is 11.8. The van der Waals surface area contributed by atoms with E-state index in [2.05, 4.69) is 4.72 Å². The van der Waals surface area contributed by atoms with Gasteiger partial charge in [0, 0.05) is 12.0 Å². The number of carboxylic acids is 1. The minimum atomic E-state index is -3.49. The fourth-order valence-corrected chi connectivity index (χ4v) is 2.71. The predicted molar refractivity (Wildman–Crippen MR) is 65.2 cm³/mol. The number of benzene rings is 1. The molecule has 18 heavy (non-hydrogen) atoms. The van der Waals surface area contributed by atoms with E-state index < -0.39 is 16.0 Å². The normalized spacial score (nSPS) is 11.7. The average molecular weight is 270 g/mol. The molecule has 0 radical (unpaired) electrons. The summed E-state index contributed by atoms with van der Waals surface area (Å²) in [7, 11) is -3.49. The molecule has 1 rings (SSSR count). The first-order valence-electron chi connectivity index (χ1n) is 5.62. The molecule has 0 bridgehead atoms. The lowest BCUT2D eigenvalue weighted by Crippen LogP contribution is -2.30. The molecule has 0 atom stereocenters. The molecule has 0 unspecified atom stereocenters. The van der Waals surface area contributed by atoms with Gasteiger partial charge < -0.3 is 9.90 Å². The summed E-state index contributed by atoms with van der Waals surface area (Å²) < 4.78 is 26.1. The Hall–Kier alpha value is -1.40. The van der Waals surface area contributed by atoms with Crippen molar-refractivity contribution in [3.05, 3.63) is 29.8 Å². The van der Waals surface area contributed by atoms with Crippen molar-refractivity contribution < 1.29 is 18.3 Å². The number of carbonyl (C=O) groups excluding carboxylic acids is 1. The Bertz CT molecular complexity index is 505. The Labute approximate surface area is 107 Å². The Morgan fingerprint density at radius 1 is 1.28 bits per heavy atom. The van der Waals surface area contributed by atoms with E-state index in [-0.39, 0.29) is 17.4 Å². The first-order valence-corrected chi connectivity index (χ1v) is 7.10. The second-order valence-corrected chi connectivity index (χ2v) is 6.01. The van der Waals surface area contributed by atoms with Crippen LogP contribution < -0.4 is 9.83 Å². The highest BCUT2D eigenvalue weighted by Crippen LogP contribution is 2.12. The van der Waals surface area contributed by atoms with Crippen molar-refractivity contribution in [3.63, 3.8) is 0 Å². The average Bonchev–Trinajstić information content (AvgIpc) is 2.25. The zero-order valence-electron chi connectivity index (χ0n) is 10.3. The maximum Gasteiger partial charge on any atom is 0.240 e. The molecule has 0 aromatic heterocycles. The SMILES string of the molecule is CC(C)NS(=O)(=O)c1ccc(CCC(=O)[O-])cc1. The lowest BCUT2D eigenvalue weighted by molar-refractivity contribution is -0.305. The summed E-state index contributed by atoms with van der Waals surface area (Å²) in [6.45, 7) is 3.48. The lowest BCUT2D eigenvalue weighted by atomic mass is 10.1. The summed E-state index contributed by atoms with van der Waals surface area (Å²) in [4.78, 5) is 10.5. The second kappa shape index (κ2) is 5.97. The second-order valence-electron chi connectivity index (χ2n) is 4.29. The predicted octanol–water partition coefficient (Wildman–Crippen LogP) is 0.0558. The van der Waals surface area contributed by atoms with E-state index in [1.165, 1.54) is 12.1 Å². The summed E-state index contributed by atoms with van der Waals surface area (Å²) in [6, 6.07) is 5.98. The van der Waals surface area contributed by atoms with Crippen LogP contribution in [0.25, 0.3) is 0 Å². The third-order valence-corrected chi connectivity index (χ3v) is 3.92. The van der Waals surface area contributed by atoms with Gasteiger partial charge in [0.25, 0.3) is 0 Å². The summed E-state index contributed by atoms with van der Waals surface area (Å²) in [5.74, 6) is -1.12. The van der Waals surface area contributed by atoms with Crippen LogP contribution in [-0.2, 0) is 21.2 Å². The molecular weight excluding hydrogens is 254 g/mol. The van der Waals surface area contributed by atoms with Crippen LogP contribution in [0.1, 0.15) is 25.8 Å². The molecule has 1 N–H and O–H groups in total. The van der Waals surface area contributed by atoms with Crippen molar-refractivity contribution >= 4 is 16.0 Å². The van der Waals surface area contributed by atoms with Gasteiger partial charge in [-0.15, -0.1) is 0 Å². The van der Waals surface area contributed by atoms with Gasteiger partial charge in [-0.2, -0.15) is 0 Å². The number of nitrogens with one attached hydrogen (secondary N) is 1. The van der Waals surface area contributed by atoms with Crippen LogP contribution in [0.5, 0.6) is 0 Å². The van der Waals surface area contributed by atoms with Crippen LogP contribution in [0.4, 0.5) is 0 Å². The number of hydrogen-bond acceptors (Lipinski definition) is 4. The molecule has 1 aromatic carbocycles. The van der Waals surface area contributed by atoms with E-state index in [4.69, 9.17) is 0 Å². The Balaban J connectivity index is 2.79. The molecule has 0 aliphatic carbocycles. The number of aryl methyl sites for hydroxylation is 1. The lowest BCUT2D eigenvalue weighted by Gasteiger charge is -2.10. The Kier molecular flexibility index (Phi) is 4.86. The van der Waals surface area contributed by atoms with Gasteiger partial charge in [0.05, 0.1) is 4.90 Å². The number of sulfonamides is 1. The first-order chi connectivity index (χ1) is 8.31. The minimum Gasteiger partial charge on any atom is -0.550 e. The molecule has 100 valence electrons. The van der Waals surface area contributed by atoms with Crippen LogP contribution in [0, 0.1) is 0 Å². The van der Waals surface area contributed by atoms with E-state index in [9.17, 15) is 18.3 Å². The molecule has 0 aliphatic heterocycles. The fourth-order valence-electron chi connectivity index (χ4n) is 1.46. The molecular formula is C12H16NO4S-. The van der Waals surface area contributed by atoms with Gasteiger partial charge in [-0.25, -0.2) is 13.1 Å². The van der Waals surface area contributed by atoms with E-state index in [0.29, 0.717) is 6.42 Å². The highest BCUT2D eigenvalue weighted by Gasteiger charge is 2.14.